The van der Waals surface area contributed by atoms with Gasteiger partial charge in [0.1, 0.15) is 17.4 Å². The lowest BCUT2D eigenvalue weighted by Gasteiger charge is -2.35. The summed E-state index contributed by atoms with van der Waals surface area (Å²) in [6.07, 6.45) is 0. The van der Waals surface area contributed by atoms with Gasteiger partial charge in [0.25, 0.3) is 5.91 Å². The van der Waals surface area contributed by atoms with E-state index in [4.69, 9.17) is 9.47 Å². The molecule has 7 nitrogen and oxygen atoms in total. The van der Waals surface area contributed by atoms with Crippen LogP contribution in [0.25, 0.3) is 0 Å². The fourth-order valence-electron chi connectivity index (χ4n) is 2.73. The third-order valence-corrected chi connectivity index (χ3v) is 4.07. The van der Waals surface area contributed by atoms with Crippen LogP contribution in [0, 0.1) is 6.92 Å². The van der Waals surface area contributed by atoms with Gasteiger partial charge in [0.05, 0.1) is 7.11 Å². The average Bonchev–Trinajstić information content (AvgIpc) is 2.66. The highest BCUT2D eigenvalue weighted by atomic mass is 16.5. The second-order valence-electron chi connectivity index (χ2n) is 5.79. The van der Waals surface area contributed by atoms with Crippen molar-refractivity contribution in [3.05, 3.63) is 42.2 Å². The maximum absolute atomic E-state index is 12.3. The molecule has 0 aliphatic carbocycles. The van der Waals surface area contributed by atoms with E-state index in [1.165, 1.54) is 0 Å². The molecule has 1 fully saturated rings. The first-order valence-electron chi connectivity index (χ1n) is 8.26. The number of hydrogen-bond donors (Lipinski definition) is 0. The summed E-state index contributed by atoms with van der Waals surface area (Å²) in [5.74, 6) is 2.76. The fourth-order valence-corrected chi connectivity index (χ4v) is 2.73. The normalized spacial score (nSPS) is 14.3. The first kappa shape index (κ1) is 17.0. The van der Waals surface area contributed by atoms with Crippen molar-refractivity contribution in [3.63, 3.8) is 0 Å². The lowest BCUT2D eigenvalue weighted by Crippen LogP contribution is -2.50. The van der Waals surface area contributed by atoms with Gasteiger partial charge in [-0.3, -0.25) is 4.79 Å². The van der Waals surface area contributed by atoms with Gasteiger partial charge in [-0.05, 0) is 19.1 Å². The summed E-state index contributed by atoms with van der Waals surface area (Å²) >= 11 is 0. The predicted octanol–water partition coefficient (Wildman–Crippen LogP) is 1.52. The zero-order chi connectivity index (χ0) is 17.6. The van der Waals surface area contributed by atoms with Gasteiger partial charge < -0.3 is 19.3 Å². The maximum Gasteiger partial charge on any atom is 0.260 e. The van der Waals surface area contributed by atoms with Crippen molar-refractivity contribution in [1.29, 1.82) is 0 Å². The minimum Gasteiger partial charge on any atom is -0.484 e. The van der Waals surface area contributed by atoms with E-state index in [-0.39, 0.29) is 12.5 Å². The lowest BCUT2D eigenvalue weighted by molar-refractivity contribution is -0.133. The molecule has 0 saturated carbocycles. The molecule has 0 spiro atoms. The largest absolute Gasteiger partial charge is 0.484 e. The second-order valence-corrected chi connectivity index (χ2v) is 5.79. The van der Waals surface area contributed by atoms with Crippen LogP contribution in [0.5, 0.6) is 11.6 Å². The van der Waals surface area contributed by atoms with Gasteiger partial charge in [-0.15, -0.1) is 0 Å². The minimum atomic E-state index is -0.0000447. The Morgan fingerprint density at radius 1 is 1.12 bits per heavy atom. The number of aromatic nitrogens is 2. The number of aryl methyl sites for hydroxylation is 1. The van der Waals surface area contributed by atoms with Gasteiger partial charge >= 0.3 is 0 Å². The molecular weight excluding hydrogens is 320 g/mol. The van der Waals surface area contributed by atoms with E-state index in [0.29, 0.717) is 30.5 Å². The second kappa shape index (κ2) is 7.83. The summed E-state index contributed by atoms with van der Waals surface area (Å²) in [5.41, 5.74) is 0. The third-order valence-electron chi connectivity index (χ3n) is 4.07. The summed E-state index contributed by atoms with van der Waals surface area (Å²) < 4.78 is 10.7. The van der Waals surface area contributed by atoms with Crippen LogP contribution in [0.3, 0.4) is 0 Å². The minimum absolute atomic E-state index is 0.0000447. The van der Waals surface area contributed by atoms with E-state index in [2.05, 4.69) is 14.9 Å². The maximum atomic E-state index is 12.3. The number of piperazine rings is 1. The zero-order valence-corrected chi connectivity index (χ0v) is 14.5. The van der Waals surface area contributed by atoms with E-state index in [9.17, 15) is 4.79 Å². The summed E-state index contributed by atoms with van der Waals surface area (Å²) in [5, 5.41) is 0. The quantitative estimate of drug-likeness (QED) is 0.821. The number of methoxy groups -OCH3 is 1. The summed E-state index contributed by atoms with van der Waals surface area (Å²) in [4.78, 5) is 24.9. The molecule has 1 aliphatic heterocycles. The van der Waals surface area contributed by atoms with Crippen LogP contribution in [-0.2, 0) is 4.79 Å². The first-order valence-corrected chi connectivity index (χ1v) is 8.26. The molecule has 1 saturated heterocycles. The lowest BCUT2D eigenvalue weighted by atomic mass is 10.3. The van der Waals surface area contributed by atoms with E-state index in [1.807, 2.05) is 48.2 Å². The number of nitrogens with zero attached hydrogens (tertiary/aromatic N) is 4. The molecule has 25 heavy (non-hydrogen) atoms. The molecule has 0 bridgehead atoms. The average molecular weight is 342 g/mol. The first-order chi connectivity index (χ1) is 12.2. The molecule has 7 heteroatoms. The molecule has 1 aliphatic rings. The van der Waals surface area contributed by atoms with Crippen LogP contribution in [0.4, 0.5) is 5.82 Å². The van der Waals surface area contributed by atoms with Gasteiger partial charge in [0, 0.05) is 32.2 Å². The Hall–Kier alpha value is -2.83. The van der Waals surface area contributed by atoms with Crippen molar-refractivity contribution in [2.75, 3.05) is 44.8 Å². The van der Waals surface area contributed by atoms with E-state index >= 15 is 0 Å². The Balaban J connectivity index is 1.53. The van der Waals surface area contributed by atoms with Crippen LogP contribution < -0.4 is 14.4 Å². The number of benzene rings is 1. The summed E-state index contributed by atoms with van der Waals surface area (Å²) in [6.45, 7) is 4.62. The van der Waals surface area contributed by atoms with Crippen molar-refractivity contribution >= 4 is 11.7 Å². The van der Waals surface area contributed by atoms with Gasteiger partial charge in [0.2, 0.25) is 5.88 Å². The molecule has 0 unspecified atom stereocenters. The van der Waals surface area contributed by atoms with Crippen molar-refractivity contribution in [1.82, 2.24) is 14.9 Å². The Morgan fingerprint density at radius 2 is 1.84 bits per heavy atom. The number of rotatable bonds is 5. The monoisotopic (exact) mass is 342 g/mol. The van der Waals surface area contributed by atoms with Crippen LogP contribution in [0.15, 0.2) is 36.4 Å². The molecule has 2 heterocycles. The summed E-state index contributed by atoms with van der Waals surface area (Å²) in [7, 11) is 1.59. The Labute approximate surface area is 147 Å². The van der Waals surface area contributed by atoms with E-state index < -0.39 is 0 Å². The smallest absolute Gasteiger partial charge is 0.260 e. The Morgan fingerprint density at radius 3 is 2.52 bits per heavy atom. The summed E-state index contributed by atoms with van der Waals surface area (Å²) in [6, 6.07) is 11.2. The van der Waals surface area contributed by atoms with Crippen LogP contribution >= 0.6 is 0 Å². The van der Waals surface area contributed by atoms with Crippen LogP contribution in [0.1, 0.15) is 5.82 Å². The number of amides is 1. The van der Waals surface area contributed by atoms with Crippen molar-refractivity contribution in [3.8, 4) is 11.6 Å². The highest BCUT2D eigenvalue weighted by molar-refractivity contribution is 5.78. The number of anilines is 1. The predicted molar refractivity (Wildman–Crippen MR) is 94.1 cm³/mol. The number of carbonyl (C=O) groups is 1. The molecule has 2 aromatic rings. The molecule has 132 valence electrons. The van der Waals surface area contributed by atoms with E-state index in [0.717, 1.165) is 18.9 Å². The van der Waals surface area contributed by atoms with Crippen molar-refractivity contribution in [2.24, 2.45) is 0 Å². The van der Waals surface area contributed by atoms with Gasteiger partial charge in [-0.25, -0.2) is 4.98 Å². The SMILES string of the molecule is COc1cc(N2CCN(C(=O)COc3ccccc3)CC2)nc(C)n1. The third kappa shape index (κ3) is 4.37. The number of para-hydroxylation sites is 1. The van der Waals surface area contributed by atoms with Gasteiger partial charge in [-0.2, -0.15) is 4.98 Å². The molecule has 0 radical (unpaired) electrons. The van der Waals surface area contributed by atoms with Crippen LogP contribution in [0.2, 0.25) is 0 Å². The van der Waals surface area contributed by atoms with Gasteiger partial charge in [0.15, 0.2) is 6.61 Å². The van der Waals surface area contributed by atoms with E-state index in [1.54, 1.807) is 7.11 Å². The van der Waals surface area contributed by atoms with Crippen molar-refractivity contribution in [2.45, 2.75) is 6.92 Å². The number of ether oxygens (including phenoxy) is 2. The number of hydrogen-bond acceptors (Lipinski definition) is 6. The van der Waals surface area contributed by atoms with Crippen molar-refractivity contribution < 1.29 is 14.3 Å². The molecule has 1 aromatic heterocycles. The highest BCUT2D eigenvalue weighted by Crippen LogP contribution is 2.19. The molecule has 1 amide bonds. The van der Waals surface area contributed by atoms with Crippen LogP contribution in [-0.4, -0.2) is 60.7 Å². The Bertz CT molecular complexity index is 716. The standard InChI is InChI=1S/C18H22N4O3/c1-14-19-16(12-17(20-14)24-2)21-8-10-22(11-9-21)18(23)13-25-15-6-4-3-5-7-15/h3-7,12H,8-11,13H2,1-2H3. The molecule has 3 rings (SSSR count). The number of carbonyl (C=O) groups excluding carboxylic acids is 1. The zero-order valence-electron chi connectivity index (χ0n) is 14.5. The fraction of sp³-hybridized carbons (Fsp3) is 0.389. The molecular formula is C18H22N4O3. The topological polar surface area (TPSA) is 67.8 Å². The molecule has 0 atom stereocenters. The Kier molecular flexibility index (Phi) is 5.33. The van der Waals surface area contributed by atoms with Gasteiger partial charge in [-0.1, -0.05) is 18.2 Å². The molecule has 1 aromatic carbocycles. The molecule has 0 N–H and O–H groups in total. The highest BCUT2D eigenvalue weighted by Gasteiger charge is 2.22.